The maximum Gasteiger partial charge on any atom is 0.227 e. The second-order valence-electron chi connectivity index (χ2n) is 9.04. The molecule has 1 aromatic carbocycles. The molecule has 1 atom stereocenters. The number of benzene rings is 1. The monoisotopic (exact) mass is 536 g/mol. The SMILES string of the molecule is CCCCCCC(=O)NCC(CO)c1ccc(Nc2ncc(Cl)c(-c3cnc4ccccn34)n2)c(OC)c1. The van der Waals surface area contributed by atoms with Crippen molar-refractivity contribution in [1.82, 2.24) is 24.7 Å². The molecule has 0 aliphatic carbocycles. The topological polar surface area (TPSA) is 114 Å². The van der Waals surface area contributed by atoms with Crippen LogP contribution in [0.15, 0.2) is 55.0 Å². The second-order valence-corrected chi connectivity index (χ2v) is 9.45. The lowest BCUT2D eigenvalue weighted by Crippen LogP contribution is -2.29. The normalized spacial score (nSPS) is 11.9. The van der Waals surface area contributed by atoms with Gasteiger partial charge in [0, 0.05) is 25.1 Å². The summed E-state index contributed by atoms with van der Waals surface area (Å²) in [6, 6.07) is 11.3. The summed E-state index contributed by atoms with van der Waals surface area (Å²) < 4.78 is 7.52. The highest BCUT2D eigenvalue weighted by Gasteiger charge is 2.17. The zero-order chi connectivity index (χ0) is 26.9. The smallest absolute Gasteiger partial charge is 0.227 e. The van der Waals surface area contributed by atoms with Crippen LogP contribution >= 0.6 is 11.6 Å². The Morgan fingerprint density at radius 2 is 2.03 bits per heavy atom. The lowest BCUT2D eigenvalue weighted by molar-refractivity contribution is -0.121. The molecule has 0 saturated heterocycles. The number of nitrogens with one attached hydrogen (secondary N) is 2. The van der Waals surface area contributed by atoms with E-state index in [1.807, 2.05) is 47.0 Å². The quantitative estimate of drug-likeness (QED) is 0.197. The first-order valence-corrected chi connectivity index (χ1v) is 13.2. The van der Waals surface area contributed by atoms with Crippen molar-refractivity contribution in [3.8, 4) is 17.1 Å². The number of carbonyl (C=O) groups is 1. The van der Waals surface area contributed by atoms with Crippen LogP contribution < -0.4 is 15.4 Å². The maximum absolute atomic E-state index is 12.2. The van der Waals surface area contributed by atoms with Crippen LogP contribution in [0.1, 0.15) is 50.5 Å². The summed E-state index contributed by atoms with van der Waals surface area (Å²) in [6.45, 7) is 2.39. The van der Waals surface area contributed by atoms with Gasteiger partial charge in [-0.2, -0.15) is 0 Å². The third-order valence-corrected chi connectivity index (χ3v) is 6.65. The molecule has 3 aromatic heterocycles. The molecule has 0 aliphatic rings. The maximum atomic E-state index is 12.2. The summed E-state index contributed by atoms with van der Waals surface area (Å²) >= 11 is 6.44. The molecule has 3 N–H and O–H groups in total. The number of hydrogen-bond donors (Lipinski definition) is 3. The molecule has 0 radical (unpaired) electrons. The number of imidazole rings is 1. The molecule has 1 amide bonds. The van der Waals surface area contributed by atoms with Gasteiger partial charge in [-0.3, -0.25) is 9.20 Å². The van der Waals surface area contributed by atoms with Crippen molar-refractivity contribution >= 4 is 34.8 Å². The van der Waals surface area contributed by atoms with Gasteiger partial charge in [0.2, 0.25) is 11.9 Å². The fraction of sp³-hybridized carbons (Fsp3) is 0.357. The summed E-state index contributed by atoms with van der Waals surface area (Å²) in [4.78, 5) is 25.6. The Morgan fingerprint density at radius 1 is 1.16 bits per heavy atom. The van der Waals surface area contributed by atoms with Crippen molar-refractivity contribution < 1.29 is 14.6 Å². The fourth-order valence-electron chi connectivity index (χ4n) is 4.23. The third kappa shape index (κ3) is 6.59. The third-order valence-electron chi connectivity index (χ3n) is 6.37. The van der Waals surface area contributed by atoms with Gasteiger partial charge in [-0.1, -0.05) is 49.9 Å². The highest BCUT2D eigenvalue weighted by atomic mass is 35.5. The first kappa shape index (κ1) is 27.3. The minimum atomic E-state index is -0.258. The van der Waals surface area contributed by atoms with Crippen LogP contribution in [0.4, 0.5) is 11.6 Å². The standard InChI is InChI=1S/C28H33ClN6O3/c1-3-4-5-6-10-26(37)31-15-20(18-36)19-11-12-22(24(14-19)38-2)33-28-32-16-21(29)27(34-28)23-17-30-25-9-7-8-13-35(23)25/h7-9,11-14,16-17,20,36H,3-6,10,15,18H2,1-2H3,(H,31,37)(H,32,33,34). The Kier molecular flexibility index (Phi) is 9.51. The van der Waals surface area contributed by atoms with Crippen molar-refractivity contribution in [3.63, 3.8) is 0 Å². The van der Waals surface area contributed by atoms with Crippen LogP contribution in [0, 0.1) is 0 Å². The molecule has 4 rings (SSSR count). The average Bonchev–Trinajstić information content (AvgIpc) is 3.37. The second kappa shape index (κ2) is 13.2. The van der Waals surface area contributed by atoms with Gasteiger partial charge >= 0.3 is 0 Å². The number of ether oxygens (including phenoxy) is 1. The number of unbranched alkanes of at least 4 members (excludes halogenated alkanes) is 3. The number of hydrogen-bond acceptors (Lipinski definition) is 7. The van der Waals surface area contributed by atoms with Crippen molar-refractivity contribution in [2.45, 2.75) is 44.9 Å². The molecular weight excluding hydrogens is 504 g/mol. The predicted molar refractivity (Wildman–Crippen MR) is 149 cm³/mol. The van der Waals surface area contributed by atoms with Crippen LogP contribution in [0.2, 0.25) is 5.02 Å². The zero-order valence-corrected chi connectivity index (χ0v) is 22.4. The molecule has 0 fully saturated rings. The van der Waals surface area contributed by atoms with Crippen molar-refractivity contribution in [1.29, 1.82) is 0 Å². The molecule has 200 valence electrons. The number of methoxy groups -OCH3 is 1. The summed E-state index contributed by atoms with van der Waals surface area (Å²) in [5, 5.41) is 16.5. The number of aliphatic hydroxyl groups is 1. The molecule has 0 spiro atoms. The van der Waals surface area contributed by atoms with E-state index in [2.05, 4.69) is 32.5 Å². The van der Waals surface area contributed by atoms with E-state index in [4.69, 9.17) is 16.3 Å². The van der Waals surface area contributed by atoms with Gasteiger partial charge in [0.05, 0.1) is 42.5 Å². The molecule has 3 heterocycles. The number of anilines is 2. The first-order valence-electron chi connectivity index (χ1n) is 12.8. The van der Waals surface area contributed by atoms with Crippen LogP contribution in [-0.2, 0) is 4.79 Å². The van der Waals surface area contributed by atoms with E-state index in [9.17, 15) is 9.90 Å². The molecule has 38 heavy (non-hydrogen) atoms. The lowest BCUT2D eigenvalue weighted by atomic mass is 9.99. The Hall–Kier alpha value is -3.69. The van der Waals surface area contributed by atoms with Gasteiger partial charge in [-0.15, -0.1) is 0 Å². The molecular formula is C28H33ClN6O3. The van der Waals surface area contributed by atoms with E-state index in [1.54, 1.807) is 19.5 Å². The van der Waals surface area contributed by atoms with Crippen LogP contribution in [0.25, 0.3) is 17.0 Å². The minimum Gasteiger partial charge on any atom is -0.495 e. The number of pyridine rings is 1. The van der Waals surface area contributed by atoms with E-state index in [1.165, 1.54) is 0 Å². The number of nitrogens with zero attached hydrogens (tertiary/aromatic N) is 4. The molecule has 10 heteroatoms. The van der Waals surface area contributed by atoms with Crippen molar-refractivity contribution in [2.24, 2.45) is 0 Å². The molecule has 0 bridgehead atoms. The number of halogens is 1. The van der Waals surface area contributed by atoms with Crippen LogP contribution in [0.5, 0.6) is 5.75 Å². The minimum absolute atomic E-state index is 0.00598. The number of carbonyl (C=O) groups excluding carboxylic acids is 1. The van der Waals surface area contributed by atoms with E-state index >= 15 is 0 Å². The average molecular weight is 537 g/mol. The molecule has 1 unspecified atom stereocenters. The fourth-order valence-corrected chi connectivity index (χ4v) is 4.41. The van der Waals surface area contributed by atoms with Gasteiger partial charge in [-0.25, -0.2) is 15.0 Å². The largest absolute Gasteiger partial charge is 0.495 e. The van der Waals surface area contributed by atoms with Gasteiger partial charge in [-0.05, 0) is 36.2 Å². The summed E-state index contributed by atoms with van der Waals surface area (Å²) in [5.41, 5.74) is 3.58. The Bertz CT molecular complexity index is 1380. The summed E-state index contributed by atoms with van der Waals surface area (Å²) in [7, 11) is 1.57. The van der Waals surface area contributed by atoms with Gasteiger partial charge in [0.1, 0.15) is 17.1 Å². The van der Waals surface area contributed by atoms with Crippen LogP contribution in [-0.4, -0.2) is 50.6 Å². The highest BCUT2D eigenvalue weighted by Crippen LogP contribution is 2.32. The van der Waals surface area contributed by atoms with Gasteiger partial charge < -0.3 is 20.5 Å². The summed E-state index contributed by atoms with van der Waals surface area (Å²) in [5.74, 6) is 0.648. The molecule has 0 saturated carbocycles. The molecule has 9 nitrogen and oxygen atoms in total. The Labute approximate surface area is 227 Å². The van der Waals surface area contributed by atoms with Crippen LogP contribution in [0.3, 0.4) is 0 Å². The van der Waals surface area contributed by atoms with E-state index in [-0.39, 0.29) is 18.4 Å². The number of aromatic nitrogens is 4. The number of amides is 1. The Morgan fingerprint density at radius 3 is 2.82 bits per heavy atom. The molecule has 0 aliphatic heterocycles. The van der Waals surface area contributed by atoms with Gasteiger partial charge in [0.15, 0.2) is 0 Å². The lowest BCUT2D eigenvalue weighted by Gasteiger charge is -2.18. The van der Waals surface area contributed by atoms with Crippen molar-refractivity contribution in [2.75, 3.05) is 25.6 Å². The number of rotatable bonds is 13. The highest BCUT2D eigenvalue weighted by molar-refractivity contribution is 6.32. The number of fused-ring (bicyclic) bond motifs is 1. The van der Waals surface area contributed by atoms with Gasteiger partial charge in [0.25, 0.3) is 0 Å². The van der Waals surface area contributed by atoms with E-state index < -0.39 is 0 Å². The van der Waals surface area contributed by atoms with Crippen molar-refractivity contribution in [3.05, 3.63) is 65.6 Å². The predicted octanol–water partition coefficient (Wildman–Crippen LogP) is 5.36. The molecule has 4 aromatic rings. The number of aliphatic hydroxyl groups excluding tert-OH is 1. The Balaban J connectivity index is 1.48. The first-order chi connectivity index (χ1) is 18.5. The van der Waals surface area contributed by atoms with E-state index in [0.29, 0.717) is 41.1 Å². The zero-order valence-electron chi connectivity index (χ0n) is 21.7. The van der Waals surface area contributed by atoms with E-state index in [0.717, 1.165) is 42.6 Å². The summed E-state index contributed by atoms with van der Waals surface area (Å²) in [6.07, 6.45) is 9.87.